The minimum atomic E-state index is 0.785. The maximum Gasteiger partial charge on any atom is 0.150 e. The summed E-state index contributed by atoms with van der Waals surface area (Å²) in [6, 6.07) is 12.3. The SMILES string of the molecule is Cc1cc(C)c(CSc2ccccc2Br)cc1C=O. The van der Waals surface area contributed by atoms with Gasteiger partial charge in [-0.1, -0.05) is 18.2 Å². The van der Waals surface area contributed by atoms with Crippen LogP contribution in [0.1, 0.15) is 27.0 Å². The van der Waals surface area contributed by atoms with Crippen molar-refractivity contribution >= 4 is 34.0 Å². The van der Waals surface area contributed by atoms with Crippen LogP contribution in [0.4, 0.5) is 0 Å². The summed E-state index contributed by atoms with van der Waals surface area (Å²) in [5.74, 6) is 0.871. The van der Waals surface area contributed by atoms with Gasteiger partial charge in [0.2, 0.25) is 0 Å². The summed E-state index contributed by atoms with van der Waals surface area (Å²) in [6.07, 6.45) is 0.932. The molecule has 0 saturated heterocycles. The number of thioether (sulfide) groups is 1. The van der Waals surface area contributed by atoms with E-state index in [1.807, 2.05) is 31.2 Å². The standard InChI is InChI=1S/C16H15BrOS/c1-11-7-12(2)14(8-13(11)9-18)10-19-16-6-4-3-5-15(16)17/h3-9H,10H2,1-2H3. The van der Waals surface area contributed by atoms with Crippen LogP contribution in [-0.2, 0) is 5.75 Å². The van der Waals surface area contributed by atoms with Gasteiger partial charge in [0.1, 0.15) is 6.29 Å². The van der Waals surface area contributed by atoms with Gasteiger partial charge in [0.25, 0.3) is 0 Å². The molecule has 0 bridgehead atoms. The van der Waals surface area contributed by atoms with Crippen LogP contribution in [0.2, 0.25) is 0 Å². The molecule has 0 amide bonds. The second kappa shape index (κ2) is 6.40. The zero-order valence-corrected chi connectivity index (χ0v) is 13.3. The number of hydrogen-bond acceptors (Lipinski definition) is 2. The first-order valence-corrected chi connectivity index (χ1v) is 7.82. The van der Waals surface area contributed by atoms with Crippen molar-refractivity contribution in [3.05, 3.63) is 63.1 Å². The van der Waals surface area contributed by atoms with Gasteiger partial charge in [-0.05, 0) is 64.7 Å². The molecule has 0 aliphatic rings. The van der Waals surface area contributed by atoms with E-state index in [0.717, 1.165) is 27.6 Å². The molecule has 3 heteroatoms. The Morgan fingerprint density at radius 1 is 1.16 bits per heavy atom. The molecule has 98 valence electrons. The molecule has 0 atom stereocenters. The summed E-state index contributed by atoms with van der Waals surface area (Å²) in [4.78, 5) is 12.2. The van der Waals surface area contributed by atoms with Crippen LogP contribution in [0.25, 0.3) is 0 Å². The van der Waals surface area contributed by atoms with E-state index in [0.29, 0.717) is 0 Å². The summed E-state index contributed by atoms with van der Waals surface area (Å²) < 4.78 is 1.11. The lowest BCUT2D eigenvalue weighted by Gasteiger charge is -2.10. The number of carbonyl (C=O) groups excluding carboxylic acids is 1. The molecule has 0 fully saturated rings. The summed E-state index contributed by atoms with van der Waals surface area (Å²) in [6.45, 7) is 4.07. The molecule has 19 heavy (non-hydrogen) atoms. The number of halogens is 1. The first-order chi connectivity index (χ1) is 9.11. The molecule has 0 heterocycles. The van der Waals surface area contributed by atoms with Crippen LogP contribution in [0.15, 0.2) is 45.8 Å². The molecule has 0 aliphatic heterocycles. The smallest absolute Gasteiger partial charge is 0.150 e. The number of hydrogen-bond donors (Lipinski definition) is 0. The highest BCUT2D eigenvalue weighted by molar-refractivity contribution is 9.10. The third-order valence-electron chi connectivity index (χ3n) is 3.07. The molecule has 0 spiro atoms. The molecule has 0 N–H and O–H groups in total. The second-order valence-corrected chi connectivity index (χ2v) is 6.34. The first-order valence-electron chi connectivity index (χ1n) is 6.04. The Morgan fingerprint density at radius 2 is 1.89 bits per heavy atom. The molecule has 0 saturated carbocycles. The molecule has 2 rings (SSSR count). The molecular formula is C16H15BrOS. The van der Waals surface area contributed by atoms with E-state index in [4.69, 9.17) is 0 Å². The minimum Gasteiger partial charge on any atom is -0.298 e. The Labute approximate surface area is 126 Å². The third-order valence-corrected chi connectivity index (χ3v) is 5.15. The number of rotatable bonds is 4. The van der Waals surface area contributed by atoms with E-state index >= 15 is 0 Å². The fourth-order valence-electron chi connectivity index (χ4n) is 1.92. The summed E-state index contributed by atoms with van der Waals surface area (Å²) in [5.41, 5.74) is 4.28. The van der Waals surface area contributed by atoms with Crippen molar-refractivity contribution in [2.45, 2.75) is 24.5 Å². The number of carbonyl (C=O) groups is 1. The normalized spacial score (nSPS) is 10.5. The average Bonchev–Trinajstić information content (AvgIpc) is 2.39. The highest BCUT2D eigenvalue weighted by Crippen LogP contribution is 2.31. The Balaban J connectivity index is 2.20. The Bertz CT molecular complexity index is 608. The lowest BCUT2D eigenvalue weighted by Crippen LogP contribution is -1.94. The van der Waals surface area contributed by atoms with Gasteiger partial charge in [0.05, 0.1) is 0 Å². The zero-order chi connectivity index (χ0) is 13.8. The average molecular weight is 335 g/mol. The predicted octanol–water partition coefficient (Wildman–Crippen LogP) is 5.17. The van der Waals surface area contributed by atoms with Crippen LogP contribution in [0, 0.1) is 13.8 Å². The zero-order valence-electron chi connectivity index (χ0n) is 10.9. The minimum absolute atomic E-state index is 0.785. The molecule has 0 aromatic heterocycles. The van der Waals surface area contributed by atoms with Crippen molar-refractivity contribution in [1.82, 2.24) is 0 Å². The molecule has 0 unspecified atom stereocenters. The fourth-order valence-corrected chi connectivity index (χ4v) is 3.55. The molecule has 2 aromatic carbocycles. The Morgan fingerprint density at radius 3 is 2.58 bits per heavy atom. The van der Waals surface area contributed by atoms with E-state index in [1.54, 1.807) is 11.8 Å². The first kappa shape index (κ1) is 14.4. The lowest BCUT2D eigenvalue weighted by atomic mass is 10.0. The van der Waals surface area contributed by atoms with E-state index in [-0.39, 0.29) is 0 Å². The molecular weight excluding hydrogens is 320 g/mol. The van der Waals surface area contributed by atoms with Crippen molar-refractivity contribution in [2.75, 3.05) is 0 Å². The largest absolute Gasteiger partial charge is 0.298 e. The fraction of sp³-hybridized carbons (Fsp3) is 0.188. The van der Waals surface area contributed by atoms with Crippen molar-refractivity contribution in [3.63, 3.8) is 0 Å². The quantitative estimate of drug-likeness (QED) is 0.566. The van der Waals surface area contributed by atoms with Gasteiger partial charge >= 0.3 is 0 Å². The van der Waals surface area contributed by atoms with Crippen LogP contribution < -0.4 is 0 Å². The van der Waals surface area contributed by atoms with Crippen LogP contribution in [0.5, 0.6) is 0 Å². The monoisotopic (exact) mass is 334 g/mol. The lowest BCUT2D eigenvalue weighted by molar-refractivity contribution is 0.112. The molecule has 2 aromatic rings. The topological polar surface area (TPSA) is 17.1 Å². The summed E-state index contributed by atoms with van der Waals surface area (Å²) in [7, 11) is 0. The number of aldehydes is 1. The third kappa shape index (κ3) is 3.48. The van der Waals surface area contributed by atoms with Gasteiger partial charge in [-0.25, -0.2) is 0 Å². The highest BCUT2D eigenvalue weighted by Gasteiger charge is 2.06. The van der Waals surface area contributed by atoms with Crippen LogP contribution in [0.3, 0.4) is 0 Å². The summed E-state index contributed by atoms with van der Waals surface area (Å²) >= 11 is 5.33. The van der Waals surface area contributed by atoms with Gasteiger partial charge in [-0.2, -0.15) is 0 Å². The van der Waals surface area contributed by atoms with Crippen molar-refractivity contribution in [2.24, 2.45) is 0 Å². The van der Waals surface area contributed by atoms with Crippen LogP contribution >= 0.6 is 27.7 Å². The van der Waals surface area contributed by atoms with Gasteiger partial charge in [-0.3, -0.25) is 4.79 Å². The molecule has 1 nitrogen and oxygen atoms in total. The van der Waals surface area contributed by atoms with E-state index in [2.05, 4.69) is 35.0 Å². The van der Waals surface area contributed by atoms with Crippen molar-refractivity contribution in [1.29, 1.82) is 0 Å². The van der Waals surface area contributed by atoms with Gasteiger partial charge in [0.15, 0.2) is 0 Å². The van der Waals surface area contributed by atoms with E-state index in [9.17, 15) is 4.79 Å². The number of benzene rings is 2. The Hall–Kier alpha value is -1.06. The van der Waals surface area contributed by atoms with Crippen molar-refractivity contribution < 1.29 is 4.79 Å². The maximum absolute atomic E-state index is 11.0. The number of aryl methyl sites for hydroxylation is 2. The van der Waals surface area contributed by atoms with Gasteiger partial charge < -0.3 is 0 Å². The van der Waals surface area contributed by atoms with Gasteiger partial charge in [0, 0.05) is 20.7 Å². The summed E-state index contributed by atoms with van der Waals surface area (Å²) in [5, 5.41) is 0. The predicted molar refractivity (Wildman–Crippen MR) is 85.0 cm³/mol. The highest BCUT2D eigenvalue weighted by atomic mass is 79.9. The molecule has 0 aliphatic carbocycles. The molecule has 0 radical (unpaired) electrons. The second-order valence-electron chi connectivity index (χ2n) is 4.47. The van der Waals surface area contributed by atoms with Crippen LogP contribution in [-0.4, -0.2) is 6.29 Å². The van der Waals surface area contributed by atoms with E-state index < -0.39 is 0 Å². The van der Waals surface area contributed by atoms with Crippen molar-refractivity contribution in [3.8, 4) is 0 Å². The maximum atomic E-state index is 11.0. The Kier molecular flexibility index (Phi) is 4.83. The van der Waals surface area contributed by atoms with E-state index in [1.165, 1.54) is 16.0 Å². The van der Waals surface area contributed by atoms with Gasteiger partial charge in [-0.15, -0.1) is 11.8 Å².